The van der Waals surface area contributed by atoms with Crippen molar-refractivity contribution in [3.8, 4) is 11.5 Å². The van der Waals surface area contributed by atoms with Gasteiger partial charge in [0.2, 0.25) is 0 Å². The first-order valence-corrected chi connectivity index (χ1v) is 9.17. The standard InChI is InChI=1S/C20H24N6/c1-14-5-3-7-17(24-14)13-26-10-4-6-16(12-26)18-19(22-9-8-21-18)20-23-11-15(2)25-20/h3,5,7-9,11,16H,4,6,10,12-13H2,1-2H3,(H,23,25)/t16-/m0/s1. The third kappa shape index (κ3) is 3.65. The number of piperidine rings is 1. The maximum absolute atomic E-state index is 4.68. The minimum atomic E-state index is 0.364. The summed E-state index contributed by atoms with van der Waals surface area (Å²) in [6.45, 7) is 7.00. The topological polar surface area (TPSA) is 70.6 Å². The van der Waals surface area contributed by atoms with E-state index in [1.54, 1.807) is 12.4 Å². The van der Waals surface area contributed by atoms with Crippen molar-refractivity contribution in [2.45, 2.75) is 39.2 Å². The van der Waals surface area contributed by atoms with Crippen LogP contribution in [0, 0.1) is 13.8 Å². The Labute approximate surface area is 153 Å². The number of hydrogen-bond acceptors (Lipinski definition) is 5. The summed E-state index contributed by atoms with van der Waals surface area (Å²) in [6.07, 6.45) is 7.65. The van der Waals surface area contributed by atoms with Gasteiger partial charge in [-0.25, -0.2) is 9.97 Å². The Bertz CT molecular complexity index is 887. The van der Waals surface area contributed by atoms with Crippen molar-refractivity contribution < 1.29 is 0 Å². The van der Waals surface area contributed by atoms with Crippen molar-refractivity contribution >= 4 is 0 Å². The molecule has 0 amide bonds. The Hall–Kier alpha value is -2.60. The molecular weight excluding hydrogens is 324 g/mol. The summed E-state index contributed by atoms with van der Waals surface area (Å²) >= 11 is 0. The largest absolute Gasteiger partial charge is 0.341 e. The fourth-order valence-electron chi connectivity index (χ4n) is 3.70. The number of aryl methyl sites for hydroxylation is 2. The van der Waals surface area contributed by atoms with E-state index in [2.05, 4.69) is 42.0 Å². The molecule has 134 valence electrons. The van der Waals surface area contributed by atoms with E-state index in [0.717, 1.165) is 66.8 Å². The lowest BCUT2D eigenvalue weighted by molar-refractivity contribution is 0.196. The third-order valence-corrected chi connectivity index (χ3v) is 4.88. The summed E-state index contributed by atoms with van der Waals surface area (Å²) in [5, 5.41) is 0. The van der Waals surface area contributed by atoms with E-state index in [0.29, 0.717) is 5.92 Å². The van der Waals surface area contributed by atoms with E-state index < -0.39 is 0 Å². The number of rotatable bonds is 4. The van der Waals surface area contributed by atoms with Gasteiger partial charge >= 0.3 is 0 Å². The molecule has 1 aliphatic rings. The molecule has 0 unspecified atom stereocenters. The Morgan fingerprint density at radius 3 is 2.85 bits per heavy atom. The van der Waals surface area contributed by atoms with Crippen molar-refractivity contribution in [2.24, 2.45) is 0 Å². The summed E-state index contributed by atoms with van der Waals surface area (Å²) in [6, 6.07) is 6.23. The number of imidazole rings is 1. The van der Waals surface area contributed by atoms with Crippen LogP contribution in [-0.4, -0.2) is 42.9 Å². The molecule has 0 saturated carbocycles. The minimum Gasteiger partial charge on any atom is -0.341 e. The first-order valence-electron chi connectivity index (χ1n) is 9.17. The third-order valence-electron chi connectivity index (χ3n) is 4.88. The van der Waals surface area contributed by atoms with Gasteiger partial charge in [-0.3, -0.25) is 14.9 Å². The molecule has 6 nitrogen and oxygen atoms in total. The normalized spacial score (nSPS) is 18.2. The number of nitrogens with one attached hydrogen (secondary N) is 1. The second-order valence-electron chi connectivity index (χ2n) is 7.05. The van der Waals surface area contributed by atoms with Gasteiger partial charge in [0.15, 0.2) is 5.82 Å². The van der Waals surface area contributed by atoms with Crippen LogP contribution in [-0.2, 0) is 6.54 Å². The van der Waals surface area contributed by atoms with Crippen molar-refractivity contribution in [3.05, 3.63) is 59.6 Å². The molecule has 1 N–H and O–H groups in total. The van der Waals surface area contributed by atoms with Crippen molar-refractivity contribution in [3.63, 3.8) is 0 Å². The van der Waals surface area contributed by atoms with E-state index in [1.165, 1.54) is 0 Å². The zero-order valence-electron chi connectivity index (χ0n) is 15.3. The number of likely N-dealkylation sites (tertiary alicyclic amines) is 1. The Morgan fingerprint density at radius 2 is 2.04 bits per heavy atom. The summed E-state index contributed by atoms with van der Waals surface area (Å²) in [4.78, 5) is 24.1. The lowest BCUT2D eigenvalue weighted by atomic mass is 9.93. The molecular formula is C20H24N6. The predicted molar refractivity (Wildman–Crippen MR) is 101 cm³/mol. The smallest absolute Gasteiger partial charge is 0.158 e. The van der Waals surface area contributed by atoms with Crippen LogP contribution in [0.15, 0.2) is 36.8 Å². The first-order chi connectivity index (χ1) is 12.7. The SMILES string of the molecule is Cc1cccc(CN2CCC[C@H](c3nccnc3-c3ncc(C)[nH]3)C2)n1. The summed E-state index contributed by atoms with van der Waals surface area (Å²) in [7, 11) is 0. The van der Waals surface area contributed by atoms with Crippen LogP contribution in [0.2, 0.25) is 0 Å². The molecule has 3 aromatic rings. The molecule has 6 heteroatoms. The number of aromatic nitrogens is 5. The molecule has 3 aromatic heterocycles. The van der Waals surface area contributed by atoms with E-state index in [9.17, 15) is 0 Å². The molecule has 26 heavy (non-hydrogen) atoms. The lowest BCUT2D eigenvalue weighted by Gasteiger charge is -2.32. The second-order valence-corrected chi connectivity index (χ2v) is 7.05. The van der Waals surface area contributed by atoms with Gasteiger partial charge in [-0.15, -0.1) is 0 Å². The Morgan fingerprint density at radius 1 is 1.15 bits per heavy atom. The van der Waals surface area contributed by atoms with Gasteiger partial charge in [0.25, 0.3) is 0 Å². The van der Waals surface area contributed by atoms with E-state index in [-0.39, 0.29) is 0 Å². The fourth-order valence-corrected chi connectivity index (χ4v) is 3.70. The van der Waals surface area contributed by atoms with Gasteiger partial charge in [-0.1, -0.05) is 6.07 Å². The summed E-state index contributed by atoms with van der Waals surface area (Å²) in [5.41, 5.74) is 5.16. The molecule has 1 atom stereocenters. The molecule has 4 heterocycles. The van der Waals surface area contributed by atoms with Crippen molar-refractivity contribution in [1.29, 1.82) is 0 Å². The van der Waals surface area contributed by atoms with Gasteiger partial charge < -0.3 is 4.98 Å². The first kappa shape index (κ1) is 16.8. The van der Waals surface area contributed by atoms with Gasteiger partial charge in [0, 0.05) is 49.0 Å². The molecule has 0 radical (unpaired) electrons. The van der Waals surface area contributed by atoms with Crippen LogP contribution in [0.5, 0.6) is 0 Å². The number of pyridine rings is 1. The zero-order valence-corrected chi connectivity index (χ0v) is 15.3. The van der Waals surface area contributed by atoms with Gasteiger partial charge in [-0.2, -0.15) is 0 Å². The maximum atomic E-state index is 4.68. The average molecular weight is 348 g/mol. The average Bonchev–Trinajstić information content (AvgIpc) is 3.08. The van der Waals surface area contributed by atoms with Gasteiger partial charge in [0.1, 0.15) is 5.69 Å². The molecule has 0 bridgehead atoms. The molecule has 1 aliphatic heterocycles. The molecule has 4 rings (SSSR count). The highest BCUT2D eigenvalue weighted by Crippen LogP contribution is 2.31. The lowest BCUT2D eigenvalue weighted by Crippen LogP contribution is -2.34. The van der Waals surface area contributed by atoms with Crippen LogP contribution < -0.4 is 0 Å². The minimum absolute atomic E-state index is 0.364. The van der Waals surface area contributed by atoms with Crippen molar-refractivity contribution in [1.82, 2.24) is 29.8 Å². The number of H-pyrrole nitrogens is 1. The fraction of sp³-hybridized carbons (Fsp3) is 0.400. The quantitative estimate of drug-likeness (QED) is 0.784. The zero-order chi connectivity index (χ0) is 17.9. The molecule has 0 spiro atoms. The molecule has 0 aromatic carbocycles. The monoisotopic (exact) mass is 348 g/mol. The van der Waals surface area contributed by atoms with Crippen LogP contribution in [0.4, 0.5) is 0 Å². The number of nitrogens with zero attached hydrogens (tertiary/aromatic N) is 5. The maximum Gasteiger partial charge on any atom is 0.158 e. The van der Waals surface area contributed by atoms with Gasteiger partial charge in [-0.05, 0) is 45.4 Å². The van der Waals surface area contributed by atoms with Crippen LogP contribution in [0.1, 0.15) is 41.5 Å². The molecule has 1 fully saturated rings. The van der Waals surface area contributed by atoms with Gasteiger partial charge in [0.05, 0.1) is 11.4 Å². The second kappa shape index (κ2) is 7.33. The highest BCUT2D eigenvalue weighted by molar-refractivity contribution is 5.53. The highest BCUT2D eigenvalue weighted by Gasteiger charge is 2.26. The van der Waals surface area contributed by atoms with E-state index in [4.69, 9.17) is 0 Å². The predicted octanol–water partition coefficient (Wildman–Crippen LogP) is 3.26. The molecule has 0 aliphatic carbocycles. The highest BCUT2D eigenvalue weighted by atomic mass is 15.1. The Kier molecular flexibility index (Phi) is 4.75. The Balaban J connectivity index is 1.55. The van der Waals surface area contributed by atoms with Crippen molar-refractivity contribution in [2.75, 3.05) is 13.1 Å². The van der Waals surface area contributed by atoms with E-state index >= 15 is 0 Å². The number of aromatic amines is 1. The van der Waals surface area contributed by atoms with Crippen LogP contribution in [0.3, 0.4) is 0 Å². The van der Waals surface area contributed by atoms with Crippen LogP contribution in [0.25, 0.3) is 11.5 Å². The molecule has 1 saturated heterocycles. The van der Waals surface area contributed by atoms with Crippen LogP contribution >= 0.6 is 0 Å². The van der Waals surface area contributed by atoms with E-state index in [1.807, 2.05) is 26.1 Å². The number of hydrogen-bond donors (Lipinski definition) is 1. The summed E-state index contributed by atoms with van der Waals surface area (Å²) < 4.78 is 0. The summed E-state index contributed by atoms with van der Waals surface area (Å²) in [5.74, 6) is 1.17.